The van der Waals surface area contributed by atoms with Crippen molar-refractivity contribution in [2.75, 3.05) is 13.7 Å². The zero-order valence-electron chi connectivity index (χ0n) is 17.1. The van der Waals surface area contributed by atoms with Gasteiger partial charge in [-0.05, 0) is 48.0 Å². The van der Waals surface area contributed by atoms with Gasteiger partial charge in [-0.3, -0.25) is 9.69 Å². The zero-order chi connectivity index (χ0) is 21.6. The highest BCUT2D eigenvalue weighted by Crippen LogP contribution is 2.37. The lowest BCUT2D eigenvalue weighted by atomic mass is 10.1. The normalized spacial score (nSPS) is 16.3. The molecule has 0 radical (unpaired) electrons. The Bertz CT molecular complexity index is 1130. The molecule has 1 amide bonds. The molecular weight excluding hydrogens is 408 g/mol. The molecule has 156 valence electrons. The Morgan fingerprint density at radius 3 is 2.42 bits per heavy atom. The van der Waals surface area contributed by atoms with E-state index in [2.05, 4.69) is 0 Å². The van der Waals surface area contributed by atoms with Gasteiger partial charge in [0.2, 0.25) is 0 Å². The van der Waals surface area contributed by atoms with Crippen molar-refractivity contribution in [3.05, 3.63) is 94.9 Å². The highest BCUT2D eigenvalue weighted by Gasteiger charge is 2.33. The molecule has 1 aliphatic heterocycles. The van der Waals surface area contributed by atoms with E-state index >= 15 is 0 Å². The minimum atomic E-state index is -0.127. The molecule has 3 aromatic rings. The van der Waals surface area contributed by atoms with Gasteiger partial charge >= 0.3 is 0 Å². The molecule has 4 rings (SSSR count). The van der Waals surface area contributed by atoms with E-state index < -0.39 is 0 Å². The van der Waals surface area contributed by atoms with Gasteiger partial charge in [0.1, 0.15) is 0 Å². The summed E-state index contributed by atoms with van der Waals surface area (Å²) in [5, 5.41) is 11.0. The fraction of sp³-hybridized carbons (Fsp3) is 0.120. The van der Waals surface area contributed by atoms with Crippen LogP contribution >= 0.6 is 11.8 Å². The van der Waals surface area contributed by atoms with E-state index in [4.69, 9.17) is 9.73 Å². The van der Waals surface area contributed by atoms with Gasteiger partial charge in [-0.1, -0.05) is 60.7 Å². The number of benzene rings is 3. The largest absolute Gasteiger partial charge is 0.504 e. The van der Waals surface area contributed by atoms with E-state index in [0.29, 0.717) is 27.9 Å². The van der Waals surface area contributed by atoms with Crippen LogP contribution in [0.1, 0.15) is 11.1 Å². The predicted octanol–water partition coefficient (Wildman–Crippen LogP) is 5.25. The number of amides is 1. The summed E-state index contributed by atoms with van der Waals surface area (Å²) in [6, 6.07) is 24.8. The summed E-state index contributed by atoms with van der Waals surface area (Å²) >= 11 is 1.31. The second-order valence-electron chi connectivity index (χ2n) is 6.93. The van der Waals surface area contributed by atoms with Gasteiger partial charge in [-0.25, -0.2) is 4.99 Å². The van der Waals surface area contributed by atoms with Gasteiger partial charge < -0.3 is 9.84 Å². The molecule has 1 heterocycles. The molecule has 3 aromatic carbocycles. The Kier molecular flexibility index (Phi) is 6.38. The van der Waals surface area contributed by atoms with E-state index in [-0.39, 0.29) is 11.7 Å². The molecule has 1 saturated heterocycles. The molecule has 31 heavy (non-hydrogen) atoms. The first-order chi connectivity index (χ1) is 15.2. The second-order valence-corrected chi connectivity index (χ2v) is 7.94. The molecule has 1 fully saturated rings. The first kappa shape index (κ1) is 20.8. The standard InChI is InChI=1S/C25H22N2O3S/c1-30-21-14-8-11-19(23(21)28)17-22-24(29)27(16-15-18-9-4-2-5-10-18)25(31-22)26-20-12-6-3-7-13-20/h2-14,17,28H,15-16H2,1H3. The average Bonchev–Trinajstić information content (AvgIpc) is 3.09. The van der Waals surface area contributed by atoms with Crippen molar-refractivity contribution in [1.29, 1.82) is 0 Å². The Morgan fingerprint density at radius 2 is 1.71 bits per heavy atom. The topological polar surface area (TPSA) is 62.1 Å². The maximum atomic E-state index is 13.2. The van der Waals surface area contributed by atoms with Crippen LogP contribution in [0.15, 0.2) is 88.8 Å². The van der Waals surface area contributed by atoms with Gasteiger partial charge in [0.25, 0.3) is 5.91 Å². The lowest BCUT2D eigenvalue weighted by molar-refractivity contribution is -0.122. The van der Waals surface area contributed by atoms with Crippen LogP contribution in [0.4, 0.5) is 5.69 Å². The molecule has 0 atom stereocenters. The monoisotopic (exact) mass is 430 g/mol. The van der Waals surface area contributed by atoms with Crippen molar-refractivity contribution in [3.63, 3.8) is 0 Å². The number of thioether (sulfide) groups is 1. The third-order valence-corrected chi connectivity index (χ3v) is 5.88. The number of para-hydroxylation sites is 2. The summed E-state index contributed by atoms with van der Waals surface area (Å²) in [5.41, 5.74) is 2.47. The molecule has 6 heteroatoms. The number of rotatable bonds is 6. The number of hydrogen-bond donors (Lipinski definition) is 1. The lowest BCUT2D eigenvalue weighted by Gasteiger charge is -2.15. The number of hydrogen-bond acceptors (Lipinski definition) is 5. The number of aromatic hydroxyl groups is 1. The number of carbonyl (C=O) groups excluding carboxylic acids is 1. The van der Waals surface area contributed by atoms with E-state index in [1.54, 1.807) is 29.2 Å². The van der Waals surface area contributed by atoms with E-state index in [1.807, 2.05) is 60.7 Å². The molecular formula is C25H22N2O3S. The maximum absolute atomic E-state index is 13.2. The SMILES string of the molecule is COc1cccc(C=C2SC(=Nc3ccccc3)N(CCc3ccccc3)C2=O)c1O. The summed E-state index contributed by atoms with van der Waals surface area (Å²) in [6.45, 7) is 0.517. The molecule has 0 bridgehead atoms. The molecule has 0 spiro atoms. The van der Waals surface area contributed by atoms with Crippen LogP contribution in [0, 0.1) is 0 Å². The summed E-state index contributed by atoms with van der Waals surface area (Å²) < 4.78 is 5.18. The fourth-order valence-electron chi connectivity index (χ4n) is 3.25. The van der Waals surface area contributed by atoms with Gasteiger partial charge in [-0.2, -0.15) is 0 Å². The third kappa shape index (κ3) is 4.81. The number of methoxy groups -OCH3 is 1. The number of phenolic OH excluding ortho intramolecular Hbond substituents is 1. The summed E-state index contributed by atoms with van der Waals surface area (Å²) in [6.07, 6.45) is 2.41. The lowest BCUT2D eigenvalue weighted by Crippen LogP contribution is -2.31. The van der Waals surface area contributed by atoms with Crippen molar-refractivity contribution >= 4 is 34.6 Å². The van der Waals surface area contributed by atoms with Gasteiger partial charge in [0.05, 0.1) is 17.7 Å². The van der Waals surface area contributed by atoms with Crippen LogP contribution in [0.25, 0.3) is 6.08 Å². The number of aliphatic imine (C=N–C) groups is 1. The highest BCUT2D eigenvalue weighted by molar-refractivity contribution is 8.18. The second kappa shape index (κ2) is 9.53. The third-order valence-electron chi connectivity index (χ3n) is 4.87. The van der Waals surface area contributed by atoms with Gasteiger partial charge in [0, 0.05) is 12.1 Å². The minimum absolute atomic E-state index is 0.00943. The molecule has 0 unspecified atom stereocenters. The first-order valence-corrected chi connectivity index (χ1v) is 10.7. The predicted molar refractivity (Wildman–Crippen MR) is 126 cm³/mol. The summed E-state index contributed by atoms with van der Waals surface area (Å²) in [7, 11) is 1.50. The molecule has 0 aromatic heterocycles. The Morgan fingerprint density at radius 1 is 1.00 bits per heavy atom. The number of phenols is 1. The summed E-state index contributed by atoms with van der Waals surface area (Å²) in [4.78, 5) is 20.2. The highest BCUT2D eigenvalue weighted by atomic mass is 32.2. The molecule has 0 saturated carbocycles. The van der Waals surface area contributed by atoms with Crippen molar-refractivity contribution in [1.82, 2.24) is 4.90 Å². The van der Waals surface area contributed by atoms with Gasteiger partial charge in [0.15, 0.2) is 16.7 Å². The number of carbonyl (C=O) groups is 1. The van der Waals surface area contributed by atoms with Crippen LogP contribution in [0.3, 0.4) is 0 Å². The van der Waals surface area contributed by atoms with Crippen LogP contribution in [-0.2, 0) is 11.2 Å². The Hall–Kier alpha value is -3.51. The molecule has 1 N–H and O–H groups in total. The molecule has 0 aliphatic carbocycles. The van der Waals surface area contributed by atoms with Crippen molar-refractivity contribution in [3.8, 4) is 11.5 Å². The van der Waals surface area contributed by atoms with Crippen molar-refractivity contribution in [2.45, 2.75) is 6.42 Å². The van der Waals surface area contributed by atoms with Crippen LogP contribution in [0.2, 0.25) is 0 Å². The zero-order valence-corrected chi connectivity index (χ0v) is 17.9. The van der Waals surface area contributed by atoms with Gasteiger partial charge in [-0.15, -0.1) is 0 Å². The maximum Gasteiger partial charge on any atom is 0.266 e. The number of ether oxygens (including phenoxy) is 1. The quantitative estimate of drug-likeness (QED) is 0.543. The fourth-order valence-corrected chi connectivity index (χ4v) is 4.26. The van der Waals surface area contributed by atoms with Crippen LogP contribution in [0.5, 0.6) is 11.5 Å². The summed E-state index contributed by atoms with van der Waals surface area (Å²) in [5.74, 6) is 0.247. The van der Waals surface area contributed by atoms with Crippen LogP contribution in [-0.4, -0.2) is 34.7 Å². The average molecular weight is 431 g/mol. The smallest absolute Gasteiger partial charge is 0.266 e. The van der Waals surface area contributed by atoms with Crippen molar-refractivity contribution < 1.29 is 14.6 Å². The van der Waals surface area contributed by atoms with Crippen molar-refractivity contribution in [2.24, 2.45) is 4.99 Å². The first-order valence-electron chi connectivity index (χ1n) is 9.91. The number of nitrogens with zero attached hydrogens (tertiary/aromatic N) is 2. The Balaban J connectivity index is 1.66. The van der Waals surface area contributed by atoms with E-state index in [9.17, 15) is 9.90 Å². The van der Waals surface area contributed by atoms with Crippen LogP contribution < -0.4 is 4.74 Å². The Labute approximate surface area is 185 Å². The van der Waals surface area contributed by atoms with E-state index in [1.165, 1.54) is 18.9 Å². The van der Waals surface area contributed by atoms with E-state index in [0.717, 1.165) is 17.7 Å². The minimum Gasteiger partial charge on any atom is -0.504 e. The number of amidine groups is 1. The molecule has 1 aliphatic rings. The molecule has 5 nitrogen and oxygen atoms in total.